The lowest BCUT2D eigenvalue weighted by Gasteiger charge is -2.11. The predicted molar refractivity (Wildman–Crippen MR) is 81.2 cm³/mol. The monoisotopic (exact) mass is 310 g/mol. The SMILES string of the molecule is CCOC(=O)C(=C[C@@H](C)c1ccc(Cl)cc1)C(=O)OCC. The fourth-order valence-corrected chi connectivity index (χ4v) is 1.88. The van der Waals surface area contributed by atoms with E-state index in [-0.39, 0.29) is 24.7 Å². The molecule has 0 aliphatic carbocycles. The predicted octanol–water partition coefficient (Wildman–Crippen LogP) is 3.50. The molecule has 1 aromatic rings. The standard InChI is InChI=1S/C16H19ClO4/c1-4-20-15(18)14(16(19)21-5-2)10-11(3)12-6-8-13(17)9-7-12/h6-11H,4-5H2,1-3H3/t11-/m1/s1. The Morgan fingerprint density at radius 1 is 1.10 bits per heavy atom. The number of esters is 2. The van der Waals surface area contributed by atoms with Crippen molar-refractivity contribution in [2.45, 2.75) is 26.7 Å². The van der Waals surface area contributed by atoms with E-state index in [9.17, 15) is 9.59 Å². The molecule has 1 aromatic carbocycles. The van der Waals surface area contributed by atoms with Crippen molar-refractivity contribution in [3.8, 4) is 0 Å². The second-order valence-electron chi connectivity index (χ2n) is 4.36. The lowest BCUT2D eigenvalue weighted by molar-refractivity contribution is -0.146. The lowest BCUT2D eigenvalue weighted by Crippen LogP contribution is -2.19. The molecule has 0 saturated heterocycles. The highest BCUT2D eigenvalue weighted by Crippen LogP contribution is 2.21. The Bertz CT molecular complexity index is 500. The third kappa shape index (κ3) is 5.23. The number of hydrogen-bond donors (Lipinski definition) is 0. The van der Waals surface area contributed by atoms with E-state index in [2.05, 4.69) is 0 Å². The number of carbonyl (C=O) groups excluding carboxylic acids is 2. The van der Waals surface area contributed by atoms with E-state index in [0.717, 1.165) is 5.56 Å². The van der Waals surface area contributed by atoms with Crippen LogP contribution in [0.3, 0.4) is 0 Å². The van der Waals surface area contributed by atoms with Crippen molar-refractivity contribution in [1.82, 2.24) is 0 Å². The number of allylic oxidation sites excluding steroid dienone is 1. The van der Waals surface area contributed by atoms with Gasteiger partial charge in [-0.2, -0.15) is 0 Å². The van der Waals surface area contributed by atoms with Gasteiger partial charge in [-0.3, -0.25) is 0 Å². The molecular formula is C16H19ClO4. The first-order chi connectivity index (χ1) is 9.99. The van der Waals surface area contributed by atoms with Gasteiger partial charge in [0, 0.05) is 10.9 Å². The molecule has 0 unspecified atom stereocenters. The van der Waals surface area contributed by atoms with Gasteiger partial charge < -0.3 is 9.47 Å². The van der Waals surface area contributed by atoms with Gasteiger partial charge in [-0.1, -0.05) is 36.7 Å². The smallest absolute Gasteiger partial charge is 0.345 e. The zero-order valence-electron chi connectivity index (χ0n) is 12.4. The van der Waals surface area contributed by atoms with Crippen LogP contribution in [0.1, 0.15) is 32.3 Å². The fraction of sp³-hybridized carbons (Fsp3) is 0.375. The van der Waals surface area contributed by atoms with Crippen molar-refractivity contribution in [3.63, 3.8) is 0 Å². The van der Waals surface area contributed by atoms with Gasteiger partial charge in [-0.15, -0.1) is 0 Å². The molecule has 0 saturated carbocycles. The van der Waals surface area contributed by atoms with Gasteiger partial charge >= 0.3 is 11.9 Å². The Kier molecular flexibility index (Phi) is 6.96. The molecule has 0 aromatic heterocycles. The molecule has 21 heavy (non-hydrogen) atoms. The largest absolute Gasteiger partial charge is 0.462 e. The van der Waals surface area contributed by atoms with Gasteiger partial charge in [0.2, 0.25) is 0 Å². The molecule has 0 radical (unpaired) electrons. The normalized spacial score (nSPS) is 11.4. The highest BCUT2D eigenvalue weighted by molar-refractivity contribution is 6.30. The number of ether oxygens (including phenoxy) is 2. The van der Waals surface area contributed by atoms with Crippen molar-refractivity contribution in [1.29, 1.82) is 0 Å². The first-order valence-corrected chi connectivity index (χ1v) is 7.18. The van der Waals surface area contributed by atoms with Crippen LogP contribution < -0.4 is 0 Å². The minimum Gasteiger partial charge on any atom is -0.462 e. The van der Waals surface area contributed by atoms with Crippen LogP contribution in [-0.4, -0.2) is 25.2 Å². The summed E-state index contributed by atoms with van der Waals surface area (Å²) in [6.45, 7) is 5.64. The zero-order valence-corrected chi connectivity index (χ0v) is 13.1. The second-order valence-corrected chi connectivity index (χ2v) is 4.80. The maximum Gasteiger partial charge on any atom is 0.345 e. The third-order valence-corrected chi connectivity index (χ3v) is 3.06. The molecule has 0 amide bonds. The van der Waals surface area contributed by atoms with Crippen LogP contribution in [0.5, 0.6) is 0 Å². The Balaban J connectivity index is 3.02. The van der Waals surface area contributed by atoms with Gasteiger partial charge in [-0.05, 0) is 31.5 Å². The molecule has 0 aliphatic heterocycles. The maximum atomic E-state index is 11.9. The minimum atomic E-state index is -0.670. The number of halogens is 1. The van der Waals surface area contributed by atoms with E-state index in [1.165, 1.54) is 0 Å². The Morgan fingerprint density at radius 2 is 1.57 bits per heavy atom. The first kappa shape index (κ1) is 17.2. The number of carbonyl (C=O) groups is 2. The highest BCUT2D eigenvalue weighted by atomic mass is 35.5. The van der Waals surface area contributed by atoms with Gasteiger partial charge in [-0.25, -0.2) is 9.59 Å². The summed E-state index contributed by atoms with van der Waals surface area (Å²) in [5.74, 6) is -1.49. The van der Waals surface area contributed by atoms with Crippen LogP contribution in [-0.2, 0) is 19.1 Å². The van der Waals surface area contributed by atoms with E-state index in [1.807, 2.05) is 19.1 Å². The van der Waals surface area contributed by atoms with Crippen LogP contribution >= 0.6 is 11.6 Å². The molecular weight excluding hydrogens is 292 g/mol. The van der Waals surface area contributed by atoms with Crippen LogP contribution in [0, 0.1) is 0 Å². The Labute approximate surface area is 129 Å². The van der Waals surface area contributed by atoms with Gasteiger partial charge in [0.15, 0.2) is 0 Å². The summed E-state index contributed by atoms with van der Waals surface area (Å²) in [6.07, 6.45) is 1.55. The fourth-order valence-electron chi connectivity index (χ4n) is 1.75. The summed E-state index contributed by atoms with van der Waals surface area (Å²) < 4.78 is 9.80. The summed E-state index contributed by atoms with van der Waals surface area (Å²) in [7, 11) is 0. The molecule has 0 aliphatic rings. The van der Waals surface area contributed by atoms with Crippen LogP contribution in [0.25, 0.3) is 0 Å². The summed E-state index contributed by atoms with van der Waals surface area (Å²) in [6, 6.07) is 7.21. The molecule has 1 atom stereocenters. The highest BCUT2D eigenvalue weighted by Gasteiger charge is 2.22. The summed E-state index contributed by atoms with van der Waals surface area (Å²) >= 11 is 5.84. The van der Waals surface area contributed by atoms with Crippen LogP contribution in [0.4, 0.5) is 0 Å². The van der Waals surface area contributed by atoms with E-state index in [0.29, 0.717) is 5.02 Å². The minimum absolute atomic E-state index is 0.0823. The number of rotatable bonds is 6. The molecule has 114 valence electrons. The maximum absolute atomic E-state index is 11.9. The van der Waals surface area contributed by atoms with Crippen LogP contribution in [0.2, 0.25) is 5.02 Å². The molecule has 0 heterocycles. The Morgan fingerprint density at radius 3 is 2.00 bits per heavy atom. The van der Waals surface area contributed by atoms with Crippen LogP contribution in [0.15, 0.2) is 35.9 Å². The quantitative estimate of drug-likeness (QED) is 0.349. The number of benzene rings is 1. The molecule has 0 fully saturated rings. The van der Waals surface area contributed by atoms with Gasteiger partial charge in [0.05, 0.1) is 13.2 Å². The molecule has 1 rings (SSSR count). The summed E-state index contributed by atoms with van der Waals surface area (Å²) in [5.41, 5.74) is 0.853. The summed E-state index contributed by atoms with van der Waals surface area (Å²) in [4.78, 5) is 23.7. The van der Waals surface area contributed by atoms with E-state index >= 15 is 0 Å². The van der Waals surface area contributed by atoms with Gasteiger partial charge in [0.1, 0.15) is 5.57 Å². The molecule has 5 heteroatoms. The summed E-state index contributed by atoms with van der Waals surface area (Å²) in [5, 5.41) is 0.630. The van der Waals surface area contributed by atoms with E-state index in [1.54, 1.807) is 32.1 Å². The molecule has 0 spiro atoms. The second kappa shape index (κ2) is 8.47. The van der Waals surface area contributed by atoms with Crippen molar-refractivity contribution in [2.75, 3.05) is 13.2 Å². The van der Waals surface area contributed by atoms with Crippen molar-refractivity contribution >= 4 is 23.5 Å². The molecule has 4 nitrogen and oxygen atoms in total. The Hall–Kier alpha value is -1.81. The number of hydrogen-bond acceptors (Lipinski definition) is 4. The molecule has 0 N–H and O–H groups in total. The third-order valence-electron chi connectivity index (χ3n) is 2.80. The average molecular weight is 311 g/mol. The lowest BCUT2D eigenvalue weighted by atomic mass is 9.98. The zero-order chi connectivity index (χ0) is 15.8. The van der Waals surface area contributed by atoms with Crippen molar-refractivity contribution in [2.24, 2.45) is 0 Å². The molecule has 0 bridgehead atoms. The first-order valence-electron chi connectivity index (χ1n) is 6.81. The topological polar surface area (TPSA) is 52.6 Å². The van der Waals surface area contributed by atoms with Crippen molar-refractivity contribution in [3.05, 3.63) is 46.5 Å². The van der Waals surface area contributed by atoms with E-state index in [4.69, 9.17) is 21.1 Å². The average Bonchev–Trinajstić information content (AvgIpc) is 2.45. The van der Waals surface area contributed by atoms with Crippen molar-refractivity contribution < 1.29 is 19.1 Å². The van der Waals surface area contributed by atoms with E-state index < -0.39 is 11.9 Å². The van der Waals surface area contributed by atoms with Gasteiger partial charge in [0.25, 0.3) is 0 Å².